The number of carbonyl (C=O) groups excluding carboxylic acids is 5. The Balaban J connectivity index is 1.57. The Morgan fingerprint density at radius 1 is 0.892 bits per heavy atom. The molecule has 0 unspecified atom stereocenters. The topological polar surface area (TPSA) is 257 Å². The van der Waals surface area contributed by atoms with Gasteiger partial charge in [-0.25, -0.2) is 8.78 Å². The molecule has 18 heteroatoms. The van der Waals surface area contributed by atoms with Crippen LogP contribution in [0.1, 0.15) is 90.5 Å². The van der Waals surface area contributed by atoms with Crippen molar-refractivity contribution >= 4 is 29.5 Å². The number of nitrogens with zero attached hydrogens (tertiary/aromatic N) is 2. The molecule has 0 saturated heterocycles. The van der Waals surface area contributed by atoms with Crippen LogP contribution in [-0.2, 0) is 25.6 Å². The maximum Gasteiger partial charge on any atom is 0.264 e. The molecule has 2 aliphatic rings. The van der Waals surface area contributed by atoms with E-state index in [1.807, 2.05) is 6.07 Å². The largest absolute Gasteiger partial charge is 0.492 e. The van der Waals surface area contributed by atoms with Crippen molar-refractivity contribution in [2.24, 2.45) is 23.1 Å². The molecule has 346 valence electrons. The van der Waals surface area contributed by atoms with Crippen LogP contribution in [0.3, 0.4) is 0 Å². The van der Waals surface area contributed by atoms with Gasteiger partial charge in [0, 0.05) is 60.3 Å². The molecular weight excluding hydrogens is 841 g/mol. The lowest BCUT2D eigenvalue weighted by Crippen LogP contribution is -2.56. The van der Waals surface area contributed by atoms with Crippen molar-refractivity contribution in [1.29, 1.82) is 5.26 Å². The number of likely N-dealkylation sites (N-methyl/N-ethyl adjacent to an activating group) is 1. The molecule has 4 atom stereocenters. The summed E-state index contributed by atoms with van der Waals surface area (Å²) >= 11 is 0. The highest BCUT2D eigenvalue weighted by Crippen LogP contribution is 2.40. The van der Waals surface area contributed by atoms with E-state index in [0.29, 0.717) is 33.8 Å². The van der Waals surface area contributed by atoms with Gasteiger partial charge in [-0.05, 0) is 86.3 Å². The minimum Gasteiger partial charge on any atom is -0.492 e. The Morgan fingerprint density at radius 3 is 2.22 bits per heavy atom. The highest BCUT2D eigenvalue weighted by molar-refractivity contribution is 6.00. The number of alkyl halides is 2. The number of carbonyl (C=O) groups is 5. The molecule has 16 nitrogen and oxygen atoms in total. The van der Waals surface area contributed by atoms with Crippen LogP contribution in [-0.4, -0.2) is 99.0 Å². The SMILES string of the molecule is C[C@@H]1NC(=O)[C@@H](N(C)C(=O)[C@H](CCN)NC(=O)c2ccc(C#CC3CCCCC3)cc2C(F)F)c2ccc(OCCN)c(c2)-c2cc(ccc2OCCN)C[C@@H](C(=O)NCC#N)NC1=O. The van der Waals surface area contributed by atoms with Gasteiger partial charge in [0.15, 0.2) is 0 Å². The molecule has 1 saturated carbocycles. The van der Waals surface area contributed by atoms with E-state index >= 15 is 0 Å². The van der Waals surface area contributed by atoms with Crippen LogP contribution >= 0.6 is 0 Å². The second-order valence-electron chi connectivity index (χ2n) is 15.9. The number of halogens is 2. The fraction of sp³-hybridized carbons (Fsp3) is 0.447. The van der Waals surface area contributed by atoms with Crippen molar-refractivity contribution in [3.63, 3.8) is 0 Å². The number of ether oxygens (including phenoxy) is 2. The first kappa shape index (κ1) is 49.4. The van der Waals surface area contributed by atoms with Crippen molar-refractivity contribution in [3.05, 3.63) is 82.4 Å². The molecule has 0 spiro atoms. The molecule has 1 fully saturated rings. The lowest BCUT2D eigenvalue weighted by atomic mass is 9.89. The standard InChI is InChI=1S/C47H57F2N9O7/c1-28-43(59)57-38(45(61)54-21-18-51)26-31-11-14-39(64-22-19-52)34(25-31)35-27-32(12-15-40(35)65-23-20-53)41(46(62)55-28)58(2)47(63)37(16-17-50)56-44(60)33-13-10-30(24-36(33)42(48)49)9-8-29-6-4-3-5-7-29/h10-15,24-25,27-29,37-38,41-42H,3-7,16-17,19-23,26,50,52-53H2,1-2H3,(H,54,61)(H,55,62)(H,56,60)(H,57,59)/t28-,37-,38-,41-/m0/s1. The number of nitriles is 1. The third-order valence-corrected chi connectivity index (χ3v) is 11.2. The van der Waals surface area contributed by atoms with E-state index in [-0.39, 0.29) is 69.3 Å². The van der Waals surface area contributed by atoms with Gasteiger partial charge in [0.05, 0.1) is 6.07 Å². The van der Waals surface area contributed by atoms with Gasteiger partial charge < -0.3 is 52.8 Å². The minimum absolute atomic E-state index is 0.0297. The summed E-state index contributed by atoms with van der Waals surface area (Å²) in [6.45, 7) is 1.49. The van der Waals surface area contributed by atoms with Crippen LogP contribution in [0.2, 0.25) is 0 Å². The van der Waals surface area contributed by atoms with Crippen molar-refractivity contribution < 1.29 is 42.2 Å². The summed E-state index contributed by atoms with van der Waals surface area (Å²) < 4.78 is 41.2. The second-order valence-corrected chi connectivity index (χ2v) is 15.9. The second kappa shape index (κ2) is 23.9. The van der Waals surface area contributed by atoms with Crippen molar-refractivity contribution in [2.75, 3.05) is 46.4 Å². The first-order valence-electron chi connectivity index (χ1n) is 21.7. The van der Waals surface area contributed by atoms with Crippen LogP contribution in [0.4, 0.5) is 8.78 Å². The van der Waals surface area contributed by atoms with Gasteiger partial charge in [-0.1, -0.05) is 43.2 Å². The van der Waals surface area contributed by atoms with E-state index in [1.54, 1.807) is 36.4 Å². The van der Waals surface area contributed by atoms with Crippen molar-refractivity contribution in [1.82, 2.24) is 26.2 Å². The number of nitrogens with two attached hydrogens (primary N) is 3. The molecule has 4 bridgehead atoms. The average Bonchev–Trinajstić information content (AvgIpc) is 3.30. The van der Waals surface area contributed by atoms with Gasteiger partial charge in [-0.3, -0.25) is 24.0 Å². The Labute approximate surface area is 377 Å². The molecule has 5 amide bonds. The average molecular weight is 898 g/mol. The van der Waals surface area contributed by atoms with Gasteiger partial charge in [0.2, 0.25) is 23.6 Å². The normalized spacial score (nSPS) is 18.0. The minimum atomic E-state index is -3.04. The highest BCUT2D eigenvalue weighted by Gasteiger charge is 2.36. The van der Waals surface area contributed by atoms with E-state index in [0.717, 1.165) is 37.0 Å². The van der Waals surface area contributed by atoms with Gasteiger partial charge in [-0.15, -0.1) is 0 Å². The van der Waals surface area contributed by atoms with Gasteiger partial charge in [0.1, 0.15) is 55.4 Å². The highest BCUT2D eigenvalue weighted by atomic mass is 19.3. The Bertz CT molecular complexity index is 2300. The monoisotopic (exact) mass is 897 g/mol. The molecule has 5 rings (SSSR count). The molecule has 0 aromatic heterocycles. The summed E-state index contributed by atoms with van der Waals surface area (Å²) in [5.74, 6) is 3.02. The third-order valence-electron chi connectivity index (χ3n) is 11.2. The zero-order chi connectivity index (χ0) is 47.0. The molecule has 65 heavy (non-hydrogen) atoms. The van der Waals surface area contributed by atoms with E-state index in [9.17, 15) is 32.8 Å². The van der Waals surface area contributed by atoms with E-state index < -0.39 is 65.7 Å². The predicted octanol–water partition coefficient (Wildman–Crippen LogP) is 2.73. The number of fused-ring (bicyclic) bond motifs is 5. The third kappa shape index (κ3) is 13.0. The molecule has 3 aromatic rings. The molecule has 1 aliphatic heterocycles. The fourth-order valence-electron chi connectivity index (χ4n) is 7.83. The Hall–Kier alpha value is -6.60. The maximum absolute atomic E-state index is 14.6. The summed E-state index contributed by atoms with van der Waals surface area (Å²) in [6, 6.07) is 10.3. The first-order chi connectivity index (χ1) is 31.3. The predicted molar refractivity (Wildman–Crippen MR) is 238 cm³/mol. The van der Waals surface area contributed by atoms with Gasteiger partial charge in [0.25, 0.3) is 12.3 Å². The number of amides is 5. The number of rotatable bonds is 15. The zero-order valence-electron chi connectivity index (χ0n) is 36.6. The Kier molecular flexibility index (Phi) is 18.2. The first-order valence-corrected chi connectivity index (χ1v) is 21.7. The van der Waals surface area contributed by atoms with Crippen molar-refractivity contribution in [2.45, 2.75) is 82.5 Å². The molecule has 1 heterocycles. The van der Waals surface area contributed by atoms with Crippen molar-refractivity contribution in [3.8, 4) is 40.5 Å². The van der Waals surface area contributed by atoms with E-state index in [4.69, 9.17) is 31.9 Å². The van der Waals surface area contributed by atoms with Crippen LogP contribution in [0.15, 0.2) is 54.6 Å². The zero-order valence-corrected chi connectivity index (χ0v) is 36.6. The molecule has 10 N–H and O–H groups in total. The lowest BCUT2D eigenvalue weighted by Gasteiger charge is -2.32. The summed E-state index contributed by atoms with van der Waals surface area (Å²) in [7, 11) is 1.32. The summed E-state index contributed by atoms with van der Waals surface area (Å²) in [5, 5.41) is 19.5. The summed E-state index contributed by atoms with van der Waals surface area (Å²) in [5.41, 5.74) is 18.6. The number of benzene rings is 3. The molecule has 1 aliphatic carbocycles. The Morgan fingerprint density at radius 2 is 1.57 bits per heavy atom. The fourth-order valence-corrected chi connectivity index (χ4v) is 7.83. The summed E-state index contributed by atoms with van der Waals surface area (Å²) in [6.07, 6.45) is 1.94. The van der Waals surface area contributed by atoms with E-state index in [1.165, 1.54) is 32.2 Å². The van der Waals surface area contributed by atoms with E-state index in [2.05, 4.69) is 33.1 Å². The lowest BCUT2D eigenvalue weighted by molar-refractivity contribution is -0.141. The van der Waals surface area contributed by atoms with Gasteiger partial charge in [-0.2, -0.15) is 5.26 Å². The van der Waals surface area contributed by atoms with Crippen LogP contribution in [0.5, 0.6) is 11.5 Å². The smallest absolute Gasteiger partial charge is 0.264 e. The number of hydrogen-bond acceptors (Lipinski definition) is 11. The van der Waals surface area contributed by atoms with Crippen LogP contribution in [0.25, 0.3) is 11.1 Å². The quantitative estimate of drug-likeness (QED) is 0.0863. The molecule has 0 radical (unpaired) electrons. The van der Waals surface area contributed by atoms with Crippen LogP contribution < -0.4 is 47.9 Å². The number of hydrogen-bond donors (Lipinski definition) is 7. The molecule has 3 aromatic carbocycles. The van der Waals surface area contributed by atoms with Crippen LogP contribution in [0, 0.1) is 29.1 Å². The maximum atomic E-state index is 14.6. The van der Waals surface area contributed by atoms with Gasteiger partial charge >= 0.3 is 0 Å². The molecular formula is C47H57F2N9O7. The summed E-state index contributed by atoms with van der Waals surface area (Å²) in [4.78, 5) is 71.0. The number of nitrogens with one attached hydrogen (secondary N) is 4.